The van der Waals surface area contributed by atoms with E-state index < -0.39 is 0 Å². The van der Waals surface area contributed by atoms with Crippen LogP contribution >= 0.6 is 0 Å². The van der Waals surface area contributed by atoms with Crippen LogP contribution in [0.1, 0.15) is 51.5 Å². The summed E-state index contributed by atoms with van der Waals surface area (Å²) in [6, 6.07) is 10.1. The molecule has 1 aromatic carbocycles. The van der Waals surface area contributed by atoms with Crippen molar-refractivity contribution in [1.29, 1.82) is 0 Å². The molecule has 1 aliphatic rings. The lowest BCUT2D eigenvalue weighted by Crippen LogP contribution is -2.50. The molecule has 0 radical (unpaired) electrons. The van der Waals surface area contributed by atoms with Gasteiger partial charge in [0.2, 0.25) is 11.8 Å². The van der Waals surface area contributed by atoms with E-state index in [-0.39, 0.29) is 23.8 Å². The van der Waals surface area contributed by atoms with Crippen molar-refractivity contribution in [2.45, 2.75) is 52.0 Å². The summed E-state index contributed by atoms with van der Waals surface area (Å²) in [7, 11) is 0. The van der Waals surface area contributed by atoms with Crippen molar-refractivity contribution in [2.75, 3.05) is 26.2 Å². The van der Waals surface area contributed by atoms with Crippen LogP contribution in [-0.4, -0.2) is 48.9 Å². The molecule has 5 heteroatoms. The molecule has 0 bridgehead atoms. The lowest BCUT2D eigenvalue weighted by molar-refractivity contribution is -0.128. The molecule has 0 aromatic heterocycles. The van der Waals surface area contributed by atoms with Crippen LogP contribution in [0.4, 0.5) is 0 Å². The molecule has 26 heavy (non-hydrogen) atoms. The Morgan fingerprint density at radius 2 is 1.77 bits per heavy atom. The highest BCUT2D eigenvalue weighted by atomic mass is 16.2. The van der Waals surface area contributed by atoms with E-state index in [1.807, 2.05) is 25.1 Å². The third-order valence-corrected chi connectivity index (χ3v) is 5.33. The number of nitrogens with zero attached hydrogens (tertiary/aromatic N) is 1. The minimum Gasteiger partial charge on any atom is -0.356 e. The van der Waals surface area contributed by atoms with Gasteiger partial charge in [-0.25, -0.2) is 0 Å². The van der Waals surface area contributed by atoms with E-state index in [1.165, 1.54) is 5.56 Å². The number of benzene rings is 1. The van der Waals surface area contributed by atoms with E-state index in [9.17, 15) is 9.59 Å². The molecule has 5 nitrogen and oxygen atoms in total. The Kier molecular flexibility index (Phi) is 8.10. The van der Waals surface area contributed by atoms with Crippen LogP contribution in [0.5, 0.6) is 0 Å². The average molecular weight is 360 g/mol. The summed E-state index contributed by atoms with van der Waals surface area (Å²) in [6.07, 6.45) is 2.62. The van der Waals surface area contributed by atoms with Gasteiger partial charge in [-0.3, -0.25) is 14.5 Å². The van der Waals surface area contributed by atoms with Crippen molar-refractivity contribution in [3.05, 3.63) is 35.9 Å². The Hall–Kier alpha value is -1.88. The number of nitrogens with one attached hydrogen (secondary N) is 2. The molecule has 1 aliphatic heterocycles. The van der Waals surface area contributed by atoms with E-state index in [0.717, 1.165) is 38.9 Å². The van der Waals surface area contributed by atoms with Gasteiger partial charge in [-0.2, -0.15) is 0 Å². The third kappa shape index (κ3) is 5.84. The Bertz CT molecular complexity index is 568. The number of rotatable bonds is 8. The molecule has 2 rings (SSSR count). The minimum atomic E-state index is -0.155. The highest BCUT2D eigenvalue weighted by molar-refractivity contribution is 5.81. The SMILES string of the molecule is CCCNC(=O)C1CCN(C(C)C(=O)NCC(C)c2ccccc2)CC1. The predicted octanol–water partition coefficient (Wildman–Crippen LogP) is 2.53. The molecule has 1 fully saturated rings. The lowest BCUT2D eigenvalue weighted by atomic mass is 9.95. The van der Waals surface area contributed by atoms with E-state index in [0.29, 0.717) is 12.5 Å². The maximum absolute atomic E-state index is 12.5. The quantitative estimate of drug-likeness (QED) is 0.750. The van der Waals surface area contributed by atoms with Gasteiger partial charge in [0.05, 0.1) is 6.04 Å². The van der Waals surface area contributed by atoms with Gasteiger partial charge < -0.3 is 10.6 Å². The van der Waals surface area contributed by atoms with Gasteiger partial charge in [-0.05, 0) is 50.8 Å². The number of carbonyl (C=O) groups excluding carboxylic acids is 2. The molecule has 1 heterocycles. The molecule has 1 saturated heterocycles. The van der Waals surface area contributed by atoms with Crippen LogP contribution in [0.3, 0.4) is 0 Å². The Morgan fingerprint density at radius 3 is 2.38 bits per heavy atom. The fraction of sp³-hybridized carbons (Fsp3) is 0.619. The van der Waals surface area contributed by atoms with Crippen molar-refractivity contribution in [3.63, 3.8) is 0 Å². The number of amides is 2. The van der Waals surface area contributed by atoms with Gasteiger partial charge in [0.1, 0.15) is 0 Å². The average Bonchev–Trinajstić information content (AvgIpc) is 2.70. The lowest BCUT2D eigenvalue weighted by Gasteiger charge is -2.34. The fourth-order valence-electron chi connectivity index (χ4n) is 3.41. The zero-order valence-corrected chi connectivity index (χ0v) is 16.3. The summed E-state index contributed by atoms with van der Waals surface area (Å²) in [5.41, 5.74) is 1.24. The number of hydrogen-bond acceptors (Lipinski definition) is 3. The smallest absolute Gasteiger partial charge is 0.237 e. The first kappa shape index (κ1) is 20.4. The predicted molar refractivity (Wildman–Crippen MR) is 105 cm³/mol. The molecule has 2 amide bonds. The van der Waals surface area contributed by atoms with Gasteiger partial charge in [0, 0.05) is 19.0 Å². The molecule has 0 spiro atoms. The second kappa shape index (κ2) is 10.3. The van der Waals surface area contributed by atoms with Crippen molar-refractivity contribution in [2.24, 2.45) is 5.92 Å². The van der Waals surface area contributed by atoms with Crippen LogP contribution in [0.15, 0.2) is 30.3 Å². The molecule has 2 unspecified atom stereocenters. The van der Waals surface area contributed by atoms with E-state index >= 15 is 0 Å². The molecule has 2 N–H and O–H groups in total. The largest absolute Gasteiger partial charge is 0.356 e. The first-order valence-electron chi connectivity index (χ1n) is 9.87. The standard InChI is InChI=1S/C21H33N3O2/c1-4-12-22-21(26)19-10-13-24(14-11-19)17(3)20(25)23-15-16(2)18-8-6-5-7-9-18/h5-9,16-17,19H,4,10-15H2,1-3H3,(H,22,26)(H,23,25). The number of piperidine rings is 1. The number of hydrogen-bond donors (Lipinski definition) is 2. The molecule has 1 aromatic rings. The Morgan fingerprint density at radius 1 is 1.12 bits per heavy atom. The highest BCUT2D eigenvalue weighted by Crippen LogP contribution is 2.19. The summed E-state index contributed by atoms with van der Waals surface area (Å²) >= 11 is 0. The van der Waals surface area contributed by atoms with Crippen LogP contribution < -0.4 is 10.6 Å². The van der Waals surface area contributed by atoms with Crippen molar-refractivity contribution in [3.8, 4) is 0 Å². The van der Waals surface area contributed by atoms with Gasteiger partial charge in [0.25, 0.3) is 0 Å². The molecule has 2 atom stereocenters. The summed E-state index contributed by atoms with van der Waals surface area (Å²) in [5, 5.41) is 6.06. The van der Waals surface area contributed by atoms with Gasteiger partial charge in [-0.1, -0.05) is 44.2 Å². The first-order chi connectivity index (χ1) is 12.5. The van der Waals surface area contributed by atoms with Crippen molar-refractivity contribution < 1.29 is 9.59 Å². The minimum absolute atomic E-state index is 0.0710. The molecular weight excluding hydrogens is 326 g/mol. The van der Waals surface area contributed by atoms with Gasteiger partial charge >= 0.3 is 0 Å². The van der Waals surface area contributed by atoms with Crippen LogP contribution in [0, 0.1) is 5.92 Å². The van der Waals surface area contributed by atoms with Crippen molar-refractivity contribution in [1.82, 2.24) is 15.5 Å². The summed E-state index contributed by atoms with van der Waals surface area (Å²) in [4.78, 5) is 26.8. The summed E-state index contributed by atoms with van der Waals surface area (Å²) < 4.78 is 0. The zero-order chi connectivity index (χ0) is 18.9. The topological polar surface area (TPSA) is 61.4 Å². The summed E-state index contributed by atoms with van der Waals surface area (Å²) in [5.74, 6) is 0.619. The number of likely N-dealkylation sites (tertiary alicyclic amines) is 1. The molecular formula is C21H33N3O2. The monoisotopic (exact) mass is 359 g/mol. The van der Waals surface area contributed by atoms with E-state index in [4.69, 9.17) is 0 Å². The maximum Gasteiger partial charge on any atom is 0.237 e. The maximum atomic E-state index is 12.5. The fourth-order valence-corrected chi connectivity index (χ4v) is 3.41. The van der Waals surface area contributed by atoms with E-state index in [2.05, 4.69) is 41.5 Å². The highest BCUT2D eigenvalue weighted by Gasteiger charge is 2.29. The van der Waals surface area contributed by atoms with Crippen molar-refractivity contribution >= 4 is 11.8 Å². The Labute approximate surface area is 157 Å². The second-order valence-electron chi connectivity index (χ2n) is 7.33. The normalized spacial score (nSPS) is 18.1. The zero-order valence-electron chi connectivity index (χ0n) is 16.3. The van der Waals surface area contributed by atoms with Gasteiger partial charge in [-0.15, -0.1) is 0 Å². The van der Waals surface area contributed by atoms with Crippen LogP contribution in [0.2, 0.25) is 0 Å². The van der Waals surface area contributed by atoms with Crippen LogP contribution in [0.25, 0.3) is 0 Å². The third-order valence-electron chi connectivity index (χ3n) is 5.33. The molecule has 144 valence electrons. The number of carbonyl (C=O) groups is 2. The second-order valence-corrected chi connectivity index (χ2v) is 7.33. The summed E-state index contributed by atoms with van der Waals surface area (Å²) in [6.45, 7) is 9.13. The van der Waals surface area contributed by atoms with Crippen LogP contribution in [-0.2, 0) is 9.59 Å². The molecule has 0 saturated carbocycles. The van der Waals surface area contributed by atoms with E-state index in [1.54, 1.807) is 0 Å². The molecule has 0 aliphatic carbocycles. The first-order valence-corrected chi connectivity index (χ1v) is 9.87. The van der Waals surface area contributed by atoms with Gasteiger partial charge in [0.15, 0.2) is 0 Å². The Balaban J connectivity index is 1.74.